The Balaban J connectivity index is 1.55. The van der Waals surface area contributed by atoms with E-state index in [4.69, 9.17) is 19.1 Å². The number of hydrogen-bond acceptors (Lipinski definition) is 11. The Morgan fingerprint density at radius 2 is 1.79 bits per heavy atom. The van der Waals surface area contributed by atoms with E-state index in [-0.39, 0.29) is 35.4 Å². The summed E-state index contributed by atoms with van der Waals surface area (Å²) in [5.74, 6) is -0.225. The van der Waals surface area contributed by atoms with Gasteiger partial charge in [0.05, 0.1) is 18.8 Å². The first-order valence-corrected chi connectivity index (χ1v) is 14.0. The van der Waals surface area contributed by atoms with Crippen molar-refractivity contribution in [1.29, 1.82) is 0 Å². The molecule has 0 radical (unpaired) electrons. The number of aliphatic hydroxyl groups excluding tert-OH is 5. The largest absolute Gasteiger partial charge is 0.463 e. The quantitative estimate of drug-likeness (QED) is 0.114. The van der Waals surface area contributed by atoms with E-state index in [1.807, 2.05) is 6.92 Å². The lowest BCUT2D eigenvalue weighted by molar-refractivity contribution is -0.329. The molecule has 39 heavy (non-hydrogen) atoms. The van der Waals surface area contributed by atoms with Gasteiger partial charge in [-0.2, -0.15) is 0 Å². The SMILES string of the molecule is CC(=O)OCC(O)C1(C)CCC2C(=CCC3C(C)(C)C(OC4OC(CO)C(O)C(O)C4O)CCC23C)C1OO. The molecular formula is C28H46O11. The number of carbonyl (C=O) groups excluding carboxylic acids is 1. The summed E-state index contributed by atoms with van der Waals surface area (Å²) in [6.07, 6.45) is -3.15. The van der Waals surface area contributed by atoms with Gasteiger partial charge in [-0.3, -0.25) is 10.1 Å². The summed E-state index contributed by atoms with van der Waals surface area (Å²) in [5.41, 5.74) is -0.425. The molecular weight excluding hydrogens is 512 g/mol. The molecule has 2 saturated carbocycles. The van der Waals surface area contributed by atoms with Crippen LogP contribution in [-0.2, 0) is 23.9 Å². The van der Waals surface area contributed by atoms with Crippen molar-refractivity contribution in [3.63, 3.8) is 0 Å². The molecule has 3 aliphatic carbocycles. The maximum atomic E-state index is 11.3. The molecule has 0 aromatic carbocycles. The fourth-order valence-corrected chi connectivity index (χ4v) is 8.08. The van der Waals surface area contributed by atoms with E-state index in [0.29, 0.717) is 19.3 Å². The van der Waals surface area contributed by atoms with Crippen LogP contribution in [0, 0.1) is 28.1 Å². The second-order valence-electron chi connectivity index (χ2n) is 13.1. The summed E-state index contributed by atoms with van der Waals surface area (Å²) in [6.45, 7) is 8.95. The first-order valence-electron chi connectivity index (χ1n) is 14.0. The average molecular weight is 559 g/mol. The van der Waals surface area contributed by atoms with Crippen LogP contribution in [0.15, 0.2) is 11.6 Å². The molecule has 12 atom stereocenters. The molecule has 4 aliphatic rings. The van der Waals surface area contributed by atoms with Gasteiger partial charge >= 0.3 is 5.97 Å². The Kier molecular flexibility index (Phi) is 8.89. The van der Waals surface area contributed by atoms with Crippen LogP contribution in [0.2, 0.25) is 0 Å². The highest BCUT2D eigenvalue weighted by Crippen LogP contribution is 2.64. The van der Waals surface area contributed by atoms with Crippen LogP contribution in [0.1, 0.15) is 66.7 Å². The molecule has 1 heterocycles. The third-order valence-corrected chi connectivity index (χ3v) is 10.6. The summed E-state index contributed by atoms with van der Waals surface area (Å²) < 4.78 is 17.0. The molecule has 3 fully saturated rings. The number of aliphatic hydroxyl groups is 5. The van der Waals surface area contributed by atoms with Gasteiger partial charge in [-0.1, -0.05) is 33.8 Å². The van der Waals surface area contributed by atoms with Crippen molar-refractivity contribution in [1.82, 2.24) is 0 Å². The summed E-state index contributed by atoms with van der Waals surface area (Å²) >= 11 is 0. The molecule has 11 heteroatoms. The molecule has 12 unspecified atom stereocenters. The highest BCUT2D eigenvalue weighted by molar-refractivity contribution is 5.65. The predicted octanol–water partition coefficient (Wildman–Crippen LogP) is 1.14. The van der Waals surface area contributed by atoms with Crippen LogP contribution in [0.25, 0.3) is 0 Å². The molecule has 0 amide bonds. The summed E-state index contributed by atoms with van der Waals surface area (Å²) in [4.78, 5) is 16.4. The fraction of sp³-hybridized carbons (Fsp3) is 0.893. The van der Waals surface area contributed by atoms with Gasteiger partial charge in [0, 0.05) is 12.3 Å². The normalized spacial score (nSPS) is 46.4. The molecule has 6 N–H and O–H groups in total. The van der Waals surface area contributed by atoms with E-state index in [0.717, 1.165) is 18.4 Å². The number of fused-ring (bicyclic) bond motifs is 3. The Hall–Kier alpha value is -1.15. The molecule has 0 spiro atoms. The van der Waals surface area contributed by atoms with Crippen molar-refractivity contribution in [2.75, 3.05) is 13.2 Å². The van der Waals surface area contributed by atoms with Crippen molar-refractivity contribution in [2.24, 2.45) is 28.1 Å². The van der Waals surface area contributed by atoms with E-state index in [1.165, 1.54) is 6.92 Å². The minimum Gasteiger partial charge on any atom is -0.463 e. The second-order valence-corrected chi connectivity index (χ2v) is 13.1. The van der Waals surface area contributed by atoms with Crippen LogP contribution >= 0.6 is 0 Å². The third-order valence-electron chi connectivity index (χ3n) is 10.6. The lowest BCUT2D eigenvalue weighted by Gasteiger charge is -2.62. The van der Waals surface area contributed by atoms with Crippen molar-refractivity contribution >= 4 is 5.97 Å². The van der Waals surface area contributed by atoms with Gasteiger partial charge in [-0.05, 0) is 60.3 Å². The molecule has 4 rings (SSSR count). The van der Waals surface area contributed by atoms with Crippen molar-refractivity contribution in [3.05, 3.63) is 11.6 Å². The summed E-state index contributed by atoms with van der Waals surface area (Å²) in [7, 11) is 0. The van der Waals surface area contributed by atoms with Crippen molar-refractivity contribution in [2.45, 2.75) is 116 Å². The van der Waals surface area contributed by atoms with Gasteiger partial charge < -0.3 is 39.7 Å². The first kappa shape index (κ1) is 30.8. The monoisotopic (exact) mass is 558 g/mol. The van der Waals surface area contributed by atoms with Crippen LogP contribution in [0.3, 0.4) is 0 Å². The van der Waals surface area contributed by atoms with Gasteiger partial charge in [-0.25, -0.2) is 4.89 Å². The van der Waals surface area contributed by atoms with E-state index >= 15 is 0 Å². The number of hydrogen-bond donors (Lipinski definition) is 6. The molecule has 0 bridgehead atoms. The van der Waals surface area contributed by atoms with Gasteiger partial charge in [0.25, 0.3) is 0 Å². The topological polar surface area (TPSA) is 175 Å². The van der Waals surface area contributed by atoms with E-state index < -0.39 is 60.9 Å². The maximum Gasteiger partial charge on any atom is 0.302 e. The predicted molar refractivity (Wildman–Crippen MR) is 137 cm³/mol. The Morgan fingerprint density at radius 3 is 2.41 bits per heavy atom. The zero-order chi connectivity index (χ0) is 28.9. The zero-order valence-corrected chi connectivity index (χ0v) is 23.5. The number of ether oxygens (including phenoxy) is 3. The van der Waals surface area contributed by atoms with E-state index in [9.17, 15) is 35.6 Å². The third kappa shape index (κ3) is 5.19. The highest BCUT2D eigenvalue weighted by Gasteiger charge is 2.61. The fourth-order valence-electron chi connectivity index (χ4n) is 8.08. The Bertz CT molecular complexity index is 921. The van der Waals surface area contributed by atoms with Gasteiger partial charge in [-0.15, -0.1) is 0 Å². The number of rotatable bonds is 7. The first-order chi connectivity index (χ1) is 18.2. The van der Waals surface area contributed by atoms with Crippen LogP contribution in [-0.4, -0.2) is 99.0 Å². The van der Waals surface area contributed by atoms with Gasteiger partial charge in [0.15, 0.2) is 6.29 Å². The molecule has 1 aliphatic heterocycles. The number of esters is 1. The van der Waals surface area contributed by atoms with E-state index in [1.54, 1.807) is 0 Å². The van der Waals surface area contributed by atoms with Crippen molar-refractivity contribution in [3.8, 4) is 0 Å². The minimum atomic E-state index is -1.50. The van der Waals surface area contributed by atoms with Crippen LogP contribution in [0.4, 0.5) is 0 Å². The standard InChI is InChI=1S/C28H46O11/c1-14(30)36-13-19(31)28(5)10-8-16-15(24(28)39-35)6-7-18-26(2,3)20(9-11-27(16,18)4)38-25-23(34)22(33)21(32)17(12-29)37-25/h6,16-25,29,31-35H,7-13H2,1-5H3. The molecule has 1 saturated heterocycles. The highest BCUT2D eigenvalue weighted by atomic mass is 17.1. The smallest absolute Gasteiger partial charge is 0.302 e. The zero-order valence-electron chi connectivity index (χ0n) is 23.5. The minimum absolute atomic E-state index is 0.0925. The molecule has 11 nitrogen and oxygen atoms in total. The molecule has 0 aromatic heterocycles. The average Bonchev–Trinajstić information content (AvgIpc) is 2.88. The number of allylic oxidation sites excluding steroid dienone is 1. The Labute approximate surface area is 229 Å². The summed E-state index contributed by atoms with van der Waals surface area (Å²) in [6, 6.07) is 0. The lowest BCUT2D eigenvalue weighted by atomic mass is 9.44. The van der Waals surface area contributed by atoms with E-state index in [2.05, 4.69) is 26.8 Å². The maximum absolute atomic E-state index is 11.3. The van der Waals surface area contributed by atoms with Crippen molar-refractivity contribution < 1.29 is 54.7 Å². The molecule has 224 valence electrons. The second kappa shape index (κ2) is 11.3. The number of carbonyl (C=O) groups is 1. The summed E-state index contributed by atoms with van der Waals surface area (Å²) in [5, 5.41) is 61.4. The van der Waals surface area contributed by atoms with Gasteiger partial charge in [0.1, 0.15) is 37.1 Å². The van der Waals surface area contributed by atoms with Gasteiger partial charge in [0.2, 0.25) is 0 Å². The Morgan fingerprint density at radius 1 is 1.10 bits per heavy atom. The van der Waals surface area contributed by atoms with Crippen LogP contribution in [0.5, 0.6) is 0 Å². The molecule has 0 aromatic rings. The van der Waals surface area contributed by atoms with Crippen LogP contribution < -0.4 is 0 Å². The lowest BCUT2D eigenvalue weighted by Crippen LogP contribution is -2.62.